The van der Waals surface area contributed by atoms with Crippen LogP contribution in [-0.2, 0) is 27.5 Å². The molecule has 2 aromatic heterocycles. The van der Waals surface area contributed by atoms with E-state index in [1.165, 1.54) is 55.2 Å². The molecule has 4 aromatic rings. The molecule has 2 aromatic carbocycles. The Labute approximate surface area is 255 Å². The first-order chi connectivity index (χ1) is 21.4. The average Bonchev–Trinajstić information content (AvgIpc) is 3.38. The highest BCUT2D eigenvalue weighted by Crippen LogP contribution is 2.29. The van der Waals surface area contributed by atoms with Gasteiger partial charge in [0.15, 0.2) is 6.10 Å². The Morgan fingerprint density at radius 1 is 1.09 bits per heavy atom. The Bertz CT molecular complexity index is 1820. The summed E-state index contributed by atoms with van der Waals surface area (Å²) in [5.41, 5.74) is 5.36. The standard InChI is InChI=1S/C31H30F3N5O6/c1-38(2)31(43)45-25(7-3-4-8-27(35)40)29(41)37-24-6-5-11-39(30(24)42)16-22-13-19-12-21(33)15-26(28(19)36-22)44-17-18-9-10-20(32)14-23(18)34/h4-6,8-15,25,36H,3,7,16-17H2,1-2H3,(H2,35,40)(H,37,41)/b8-4+. The van der Waals surface area contributed by atoms with Crippen LogP contribution in [-0.4, -0.2) is 52.6 Å². The molecule has 0 aliphatic heterocycles. The number of H-pyrrole nitrogens is 1. The molecule has 0 aliphatic rings. The zero-order chi connectivity index (χ0) is 32.7. The van der Waals surface area contributed by atoms with Crippen LogP contribution in [0.1, 0.15) is 24.1 Å². The van der Waals surface area contributed by atoms with Crippen LogP contribution in [0.2, 0.25) is 0 Å². The number of carbonyl (C=O) groups excluding carboxylic acids is 3. The molecule has 2 heterocycles. The number of allylic oxidation sites excluding steroid dienone is 1. The van der Waals surface area contributed by atoms with Gasteiger partial charge in [0.25, 0.3) is 11.5 Å². The number of carbonyl (C=O) groups is 3. The molecular formula is C31H30F3N5O6. The molecule has 0 saturated heterocycles. The summed E-state index contributed by atoms with van der Waals surface area (Å²) >= 11 is 0. The van der Waals surface area contributed by atoms with E-state index in [-0.39, 0.29) is 43.0 Å². The molecule has 4 rings (SSSR count). The predicted molar refractivity (Wildman–Crippen MR) is 159 cm³/mol. The van der Waals surface area contributed by atoms with Gasteiger partial charge in [-0.2, -0.15) is 0 Å². The van der Waals surface area contributed by atoms with Gasteiger partial charge in [0, 0.05) is 49.1 Å². The van der Waals surface area contributed by atoms with E-state index in [1.807, 2.05) is 0 Å². The lowest BCUT2D eigenvalue weighted by molar-refractivity contribution is -0.124. The molecule has 4 N–H and O–H groups in total. The summed E-state index contributed by atoms with van der Waals surface area (Å²) in [5, 5.41) is 2.92. The minimum atomic E-state index is -1.28. The van der Waals surface area contributed by atoms with Crippen LogP contribution in [0.3, 0.4) is 0 Å². The number of ether oxygens (including phenoxy) is 2. The Morgan fingerprint density at radius 3 is 2.58 bits per heavy atom. The van der Waals surface area contributed by atoms with Gasteiger partial charge in [0.2, 0.25) is 5.91 Å². The first kappa shape index (κ1) is 32.4. The third-order valence-corrected chi connectivity index (χ3v) is 6.51. The van der Waals surface area contributed by atoms with Crippen molar-refractivity contribution in [3.05, 3.63) is 106 Å². The summed E-state index contributed by atoms with van der Waals surface area (Å²) in [6.45, 7) is -0.297. The van der Waals surface area contributed by atoms with Gasteiger partial charge < -0.3 is 35.0 Å². The lowest BCUT2D eigenvalue weighted by atomic mass is 10.1. The smallest absolute Gasteiger partial charge is 0.410 e. The van der Waals surface area contributed by atoms with Crippen LogP contribution in [0.5, 0.6) is 5.75 Å². The Kier molecular flexibility index (Phi) is 10.3. The molecule has 0 radical (unpaired) electrons. The largest absolute Gasteiger partial charge is 0.486 e. The van der Waals surface area contributed by atoms with E-state index in [1.54, 1.807) is 6.07 Å². The topological polar surface area (TPSA) is 149 Å². The van der Waals surface area contributed by atoms with E-state index >= 15 is 0 Å². The van der Waals surface area contributed by atoms with Crippen LogP contribution in [0.25, 0.3) is 10.9 Å². The van der Waals surface area contributed by atoms with Gasteiger partial charge in [-0.3, -0.25) is 14.4 Å². The number of hydrogen-bond donors (Lipinski definition) is 3. The third-order valence-electron chi connectivity index (χ3n) is 6.51. The number of nitrogens with zero attached hydrogens (tertiary/aromatic N) is 2. The molecule has 236 valence electrons. The quantitative estimate of drug-likeness (QED) is 0.201. The first-order valence-electron chi connectivity index (χ1n) is 13.6. The number of nitrogens with one attached hydrogen (secondary N) is 2. The van der Waals surface area contributed by atoms with Crippen LogP contribution < -0.4 is 21.3 Å². The predicted octanol–water partition coefficient (Wildman–Crippen LogP) is 4.20. The molecule has 45 heavy (non-hydrogen) atoms. The van der Waals surface area contributed by atoms with Crippen molar-refractivity contribution in [2.45, 2.75) is 32.1 Å². The second kappa shape index (κ2) is 14.3. The second-order valence-electron chi connectivity index (χ2n) is 10.2. The number of fused-ring (bicyclic) bond motifs is 1. The number of primary amides is 1. The summed E-state index contributed by atoms with van der Waals surface area (Å²) in [6.07, 6.45) is 2.18. The molecule has 0 bridgehead atoms. The number of nitrogens with two attached hydrogens (primary N) is 1. The number of rotatable bonds is 12. The molecule has 1 unspecified atom stereocenters. The maximum absolute atomic E-state index is 14.4. The molecule has 1 atom stereocenters. The number of aromatic nitrogens is 2. The van der Waals surface area contributed by atoms with Crippen molar-refractivity contribution in [1.82, 2.24) is 14.5 Å². The zero-order valence-corrected chi connectivity index (χ0v) is 24.3. The van der Waals surface area contributed by atoms with Crippen molar-refractivity contribution < 1.29 is 37.0 Å². The first-order valence-corrected chi connectivity index (χ1v) is 13.6. The lowest BCUT2D eigenvalue weighted by Crippen LogP contribution is -2.37. The maximum atomic E-state index is 14.4. The molecule has 11 nitrogen and oxygen atoms in total. The summed E-state index contributed by atoms with van der Waals surface area (Å²) in [5.74, 6) is -3.50. The molecule has 0 aliphatic carbocycles. The van der Waals surface area contributed by atoms with E-state index < -0.39 is 47.0 Å². The van der Waals surface area contributed by atoms with Crippen molar-refractivity contribution in [3.63, 3.8) is 0 Å². The molecule has 0 saturated carbocycles. The number of amides is 3. The maximum Gasteiger partial charge on any atom is 0.410 e. The average molecular weight is 626 g/mol. The van der Waals surface area contributed by atoms with Crippen LogP contribution >= 0.6 is 0 Å². The van der Waals surface area contributed by atoms with Crippen molar-refractivity contribution in [1.29, 1.82) is 0 Å². The summed E-state index contributed by atoms with van der Waals surface area (Å²) < 4.78 is 53.9. The molecule has 0 fully saturated rings. The van der Waals surface area contributed by atoms with Gasteiger partial charge in [-0.05, 0) is 55.3 Å². The normalized spacial score (nSPS) is 11.8. The fourth-order valence-corrected chi connectivity index (χ4v) is 4.30. The number of anilines is 1. The van der Waals surface area contributed by atoms with Gasteiger partial charge in [-0.1, -0.05) is 6.08 Å². The minimum Gasteiger partial charge on any atom is -0.486 e. The number of pyridine rings is 1. The van der Waals surface area contributed by atoms with Gasteiger partial charge in [0.1, 0.15) is 35.5 Å². The minimum absolute atomic E-state index is 0.0121. The third kappa shape index (κ3) is 8.53. The molecular weight excluding hydrogens is 595 g/mol. The van der Waals surface area contributed by atoms with E-state index in [2.05, 4.69) is 10.3 Å². The molecule has 3 amide bonds. The molecule has 0 spiro atoms. The Balaban J connectivity index is 1.52. The number of halogens is 3. The highest BCUT2D eigenvalue weighted by atomic mass is 19.1. The number of hydrogen-bond acceptors (Lipinski definition) is 6. The van der Waals surface area contributed by atoms with Crippen LogP contribution in [0.4, 0.5) is 23.7 Å². The van der Waals surface area contributed by atoms with Gasteiger partial charge in [0.05, 0.1) is 12.1 Å². The van der Waals surface area contributed by atoms with Crippen LogP contribution in [0, 0.1) is 17.5 Å². The van der Waals surface area contributed by atoms with E-state index in [4.69, 9.17) is 15.2 Å². The SMILES string of the molecule is CN(C)C(=O)OC(CC/C=C/C(N)=O)C(=O)Nc1cccn(Cc2cc3cc(F)cc(OCc4ccc(F)cc4F)c3[nH]2)c1=O. The summed E-state index contributed by atoms with van der Waals surface area (Å²) in [7, 11) is 2.89. The van der Waals surface area contributed by atoms with Gasteiger partial charge >= 0.3 is 6.09 Å². The fraction of sp³-hybridized carbons (Fsp3) is 0.226. The lowest BCUT2D eigenvalue weighted by Gasteiger charge is -2.19. The van der Waals surface area contributed by atoms with Gasteiger partial charge in [-0.25, -0.2) is 18.0 Å². The molecule has 14 heteroatoms. The van der Waals surface area contributed by atoms with Crippen molar-refractivity contribution in [2.75, 3.05) is 19.4 Å². The van der Waals surface area contributed by atoms with Crippen molar-refractivity contribution in [3.8, 4) is 5.75 Å². The monoisotopic (exact) mass is 625 g/mol. The Hall–Kier alpha value is -5.53. The van der Waals surface area contributed by atoms with Crippen molar-refractivity contribution in [2.24, 2.45) is 5.73 Å². The fourth-order valence-electron chi connectivity index (χ4n) is 4.30. The number of aromatic amines is 1. The van der Waals surface area contributed by atoms with Crippen molar-refractivity contribution >= 4 is 34.5 Å². The highest BCUT2D eigenvalue weighted by molar-refractivity contribution is 5.95. The summed E-state index contributed by atoms with van der Waals surface area (Å²) in [4.78, 5) is 53.6. The zero-order valence-electron chi connectivity index (χ0n) is 24.3. The van der Waals surface area contributed by atoms with E-state index in [0.29, 0.717) is 16.6 Å². The van der Waals surface area contributed by atoms with Gasteiger partial charge in [-0.15, -0.1) is 0 Å². The van der Waals surface area contributed by atoms with Crippen LogP contribution in [0.15, 0.2) is 71.7 Å². The Morgan fingerprint density at radius 2 is 1.87 bits per heavy atom. The summed E-state index contributed by atoms with van der Waals surface area (Å²) in [6, 6.07) is 9.94. The number of benzene rings is 2. The van der Waals surface area contributed by atoms with E-state index in [0.717, 1.165) is 29.2 Å². The highest BCUT2D eigenvalue weighted by Gasteiger charge is 2.24. The second-order valence-corrected chi connectivity index (χ2v) is 10.2. The van der Waals surface area contributed by atoms with E-state index in [9.17, 15) is 32.3 Å².